The number of carbonyl (C=O) groups excluding carboxylic acids is 1. The molecule has 0 aromatic heterocycles. The van der Waals surface area contributed by atoms with E-state index in [1.807, 2.05) is 6.07 Å². The summed E-state index contributed by atoms with van der Waals surface area (Å²) in [7, 11) is 0. The van der Waals surface area contributed by atoms with Crippen LogP contribution in [-0.4, -0.2) is 6.29 Å². The first-order valence-electron chi connectivity index (χ1n) is 6.01. The van der Waals surface area contributed by atoms with Crippen molar-refractivity contribution in [1.29, 1.82) is 0 Å². The molecule has 0 aliphatic heterocycles. The molecule has 1 atom stereocenters. The first-order valence-corrected chi connectivity index (χ1v) is 6.39. The summed E-state index contributed by atoms with van der Waals surface area (Å²) in [6.45, 7) is 1.79. The predicted molar refractivity (Wildman–Crippen MR) is 75.0 cm³/mol. The third-order valence-electron chi connectivity index (χ3n) is 3.26. The van der Waals surface area contributed by atoms with Gasteiger partial charge in [0.1, 0.15) is 12.1 Å². The lowest BCUT2D eigenvalue weighted by molar-refractivity contribution is -0.112. The van der Waals surface area contributed by atoms with Gasteiger partial charge >= 0.3 is 0 Å². The van der Waals surface area contributed by atoms with Crippen molar-refractivity contribution >= 4 is 17.9 Å². The lowest BCUT2D eigenvalue weighted by atomic mass is 9.78. The van der Waals surface area contributed by atoms with Gasteiger partial charge in [0.2, 0.25) is 0 Å². The van der Waals surface area contributed by atoms with Crippen LogP contribution in [0.4, 0.5) is 4.39 Å². The Labute approximate surface area is 117 Å². The highest BCUT2D eigenvalue weighted by Gasteiger charge is 2.27. The van der Waals surface area contributed by atoms with E-state index < -0.39 is 5.41 Å². The van der Waals surface area contributed by atoms with E-state index in [-0.39, 0.29) is 5.82 Å². The Morgan fingerprint density at radius 2 is 1.95 bits per heavy atom. The van der Waals surface area contributed by atoms with E-state index in [2.05, 4.69) is 0 Å². The molecule has 2 aromatic rings. The molecule has 0 amide bonds. The number of aldehydes is 1. The van der Waals surface area contributed by atoms with Crippen LogP contribution >= 0.6 is 11.6 Å². The van der Waals surface area contributed by atoms with Gasteiger partial charge in [0.05, 0.1) is 5.41 Å². The lowest BCUT2D eigenvalue weighted by Crippen LogP contribution is -2.27. The molecule has 1 nitrogen and oxygen atoms in total. The number of rotatable bonds is 4. The zero-order valence-corrected chi connectivity index (χ0v) is 11.3. The van der Waals surface area contributed by atoms with Gasteiger partial charge in [-0.3, -0.25) is 0 Å². The van der Waals surface area contributed by atoms with E-state index in [0.29, 0.717) is 17.0 Å². The second kappa shape index (κ2) is 5.54. The topological polar surface area (TPSA) is 17.1 Å². The van der Waals surface area contributed by atoms with Gasteiger partial charge in [-0.25, -0.2) is 4.39 Å². The normalized spacial score (nSPS) is 13.8. The van der Waals surface area contributed by atoms with E-state index in [1.165, 1.54) is 6.07 Å². The molecule has 3 heteroatoms. The minimum atomic E-state index is -0.785. The summed E-state index contributed by atoms with van der Waals surface area (Å²) in [6.07, 6.45) is 1.16. The average Bonchev–Trinajstić information content (AvgIpc) is 2.41. The van der Waals surface area contributed by atoms with Crippen LogP contribution in [0.3, 0.4) is 0 Å². The second-order valence-electron chi connectivity index (χ2n) is 4.81. The minimum absolute atomic E-state index is 0.294. The molecule has 98 valence electrons. The highest BCUT2D eigenvalue weighted by atomic mass is 35.5. The van der Waals surface area contributed by atoms with Gasteiger partial charge < -0.3 is 4.79 Å². The molecule has 0 fully saturated rings. The monoisotopic (exact) mass is 276 g/mol. The fourth-order valence-corrected chi connectivity index (χ4v) is 2.28. The quantitative estimate of drug-likeness (QED) is 0.766. The van der Waals surface area contributed by atoms with E-state index in [9.17, 15) is 9.18 Å². The maximum absolute atomic E-state index is 13.7. The van der Waals surface area contributed by atoms with Crippen molar-refractivity contribution in [2.24, 2.45) is 0 Å². The van der Waals surface area contributed by atoms with Gasteiger partial charge in [0.25, 0.3) is 0 Å². The van der Waals surface area contributed by atoms with Gasteiger partial charge in [-0.05, 0) is 42.7 Å². The van der Waals surface area contributed by atoms with Crippen LogP contribution in [-0.2, 0) is 16.6 Å². The van der Waals surface area contributed by atoms with Crippen LogP contribution in [0.1, 0.15) is 18.1 Å². The van der Waals surface area contributed by atoms with Gasteiger partial charge in [0, 0.05) is 5.02 Å². The third-order valence-corrected chi connectivity index (χ3v) is 3.49. The summed E-state index contributed by atoms with van der Waals surface area (Å²) in [6, 6.07) is 13.6. The molecule has 2 aromatic carbocycles. The third kappa shape index (κ3) is 3.02. The Bertz CT molecular complexity index is 597. The Kier molecular flexibility index (Phi) is 4.01. The lowest BCUT2D eigenvalue weighted by Gasteiger charge is -2.24. The van der Waals surface area contributed by atoms with Crippen LogP contribution in [0.5, 0.6) is 0 Å². The van der Waals surface area contributed by atoms with Gasteiger partial charge in [-0.2, -0.15) is 0 Å². The molecule has 0 spiro atoms. The Morgan fingerprint density at radius 1 is 1.21 bits per heavy atom. The minimum Gasteiger partial charge on any atom is -0.302 e. The molecule has 0 aliphatic rings. The number of halogens is 2. The van der Waals surface area contributed by atoms with Crippen molar-refractivity contribution in [3.8, 4) is 0 Å². The number of hydrogen-bond acceptors (Lipinski definition) is 1. The van der Waals surface area contributed by atoms with Crippen molar-refractivity contribution in [2.75, 3.05) is 0 Å². The zero-order chi connectivity index (χ0) is 13.9. The van der Waals surface area contributed by atoms with Crippen molar-refractivity contribution in [3.05, 3.63) is 70.5 Å². The van der Waals surface area contributed by atoms with Crippen molar-refractivity contribution < 1.29 is 9.18 Å². The summed E-state index contributed by atoms with van der Waals surface area (Å²) >= 11 is 5.95. The molecule has 19 heavy (non-hydrogen) atoms. The first-order chi connectivity index (χ1) is 9.05. The predicted octanol–water partition coefficient (Wildman–Crippen LogP) is 4.18. The summed E-state index contributed by atoms with van der Waals surface area (Å²) in [5, 5.41) is 0.569. The number of benzene rings is 2. The summed E-state index contributed by atoms with van der Waals surface area (Å²) in [5.74, 6) is -0.294. The molecule has 0 N–H and O–H groups in total. The fraction of sp³-hybridized carbons (Fsp3) is 0.188. The van der Waals surface area contributed by atoms with Crippen LogP contribution in [0.2, 0.25) is 5.02 Å². The van der Waals surface area contributed by atoms with E-state index in [4.69, 9.17) is 11.6 Å². The molecule has 0 heterocycles. The Balaban J connectivity index is 2.39. The fourth-order valence-electron chi connectivity index (χ4n) is 2.09. The van der Waals surface area contributed by atoms with Gasteiger partial charge in [-0.1, -0.05) is 41.9 Å². The smallest absolute Gasteiger partial charge is 0.130 e. The summed E-state index contributed by atoms with van der Waals surface area (Å²) in [5.41, 5.74) is 0.530. The van der Waals surface area contributed by atoms with Crippen molar-refractivity contribution in [3.63, 3.8) is 0 Å². The highest BCUT2D eigenvalue weighted by Crippen LogP contribution is 2.28. The molecule has 0 saturated carbocycles. The van der Waals surface area contributed by atoms with E-state index in [0.717, 1.165) is 11.8 Å². The van der Waals surface area contributed by atoms with Gasteiger partial charge in [0.15, 0.2) is 0 Å². The maximum Gasteiger partial charge on any atom is 0.130 e. The van der Waals surface area contributed by atoms with E-state index >= 15 is 0 Å². The van der Waals surface area contributed by atoms with Crippen LogP contribution in [0, 0.1) is 5.82 Å². The highest BCUT2D eigenvalue weighted by molar-refractivity contribution is 6.30. The molecule has 0 bridgehead atoms. The molecular weight excluding hydrogens is 263 g/mol. The van der Waals surface area contributed by atoms with Crippen molar-refractivity contribution in [2.45, 2.75) is 18.8 Å². The number of hydrogen-bond donors (Lipinski definition) is 0. The van der Waals surface area contributed by atoms with Crippen molar-refractivity contribution in [1.82, 2.24) is 0 Å². The SMILES string of the molecule is CC(C=O)(Cc1ccccc1F)c1cccc(Cl)c1. The van der Waals surface area contributed by atoms with Crippen LogP contribution in [0.25, 0.3) is 0 Å². The standard InChI is InChI=1S/C16H14ClFO/c1-16(11-19,13-6-4-7-14(17)9-13)10-12-5-2-3-8-15(12)18/h2-9,11H,10H2,1H3. The molecule has 0 saturated heterocycles. The average molecular weight is 277 g/mol. The first kappa shape index (κ1) is 13.8. The zero-order valence-electron chi connectivity index (χ0n) is 10.6. The summed E-state index contributed by atoms with van der Waals surface area (Å²) < 4.78 is 13.7. The molecular formula is C16H14ClFO. The maximum atomic E-state index is 13.7. The molecule has 2 rings (SSSR count). The molecule has 0 radical (unpaired) electrons. The van der Waals surface area contributed by atoms with Crippen LogP contribution in [0.15, 0.2) is 48.5 Å². The number of carbonyl (C=O) groups is 1. The summed E-state index contributed by atoms with van der Waals surface area (Å²) in [4.78, 5) is 11.5. The Hall–Kier alpha value is -1.67. The molecule has 0 aliphatic carbocycles. The van der Waals surface area contributed by atoms with Crippen LogP contribution < -0.4 is 0 Å². The molecule has 1 unspecified atom stereocenters. The van der Waals surface area contributed by atoms with E-state index in [1.54, 1.807) is 43.3 Å². The van der Waals surface area contributed by atoms with Gasteiger partial charge in [-0.15, -0.1) is 0 Å². The largest absolute Gasteiger partial charge is 0.302 e. The Morgan fingerprint density at radius 3 is 2.58 bits per heavy atom. The second-order valence-corrected chi connectivity index (χ2v) is 5.25.